The quantitative estimate of drug-likeness (QED) is 0.324. The minimum absolute atomic E-state index is 0.133. The molecular formula is C33H36ClN5O5S. The Hall–Kier alpha value is -3.95. The number of nitriles is 1. The number of anilines is 1. The van der Waals surface area contributed by atoms with Crippen LogP contribution >= 0.6 is 11.6 Å². The molecule has 0 aliphatic carbocycles. The van der Waals surface area contributed by atoms with Gasteiger partial charge in [-0.15, -0.1) is 0 Å². The van der Waals surface area contributed by atoms with Crippen LogP contribution in [0.5, 0.6) is 5.75 Å². The number of rotatable bonds is 10. The van der Waals surface area contributed by atoms with E-state index in [9.17, 15) is 18.5 Å². The fourth-order valence-corrected chi connectivity index (χ4v) is 8.00. The summed E-state index contributed by atoms with van der Waals surface area (Å²) in [6, 6.07) is 16.9. The molecule has 0 bridgehead atoms. The van der Waals surface area contributed by atoms with Gasteiger partial charge in [0.05, 0.1) is 35.4 Å². The van der Waals surface area contributed by atoms with Gasteiger partial charge in [0, 0.05) is 43.3 Å². The van der Waals surface area contributed by atoms with Gasteiger partial charge in [-0.2, -0.15) is 5.26 Å². The average Bonchev–Trinajstić information content (AvgIpc) is 3.61. The third kappa shape index (κ3) is 5.46. The lowest BCUT2D eigenvalue weighted by molar-refractivity contribution is -0.138. The van der Waals surface area contributed by atoms with Crippen molar-refractivity contribution in [1.29, 1.82) is 5.26 Å². The van der Waals surface area contributed by atoms with Crippen LogP contribution in [0.15, 0.2) is 65.6 Å². The predicted octanol–water partition coefficient (Wildman–Crippen LogP) is 4.25. The smallest absolute Gasteiger partial charge is 0.271 e. The zero-order chi connectivity index (χ0) is 32.5. The van der Waals surface area contributed by atoms with E-state index < -0.39 is 27.5 Å². The summed E-state index contributed by atoms with van der Waals surface area (Å²) in [6.45, 7) is 3.70. The number of sulfonamides is 1. The first-order valence-corrected chi connectivity index (χ1v) is 16.6. The van der Waals surface area contributed by atoms with Crippen molar-refractivity contribution in [2.45, 2.75) is 49.2 Å². The summed E-state index contributed by atoms with van der Waals surface area (Å²) in [7, 11) is 0.328. The molecule has 236 valence electrons. The summed E-state index contributed by atoms with van der Waals surface area (Å²) in [4.78, 5) is 32.1. The van der Waals surface area contributed by atoms with Crippen LogP contribution in [-0.4, -0.2) is 70.4 Å². The lowest BCUT2D eigenvalue weighted by Crippen LogP contribution is -2.59. The van der Waals surface area contributed by atoms with Gasteiger partial charge in [0.1, 0.15) is 5.75 Å². The largest absolute Gasteiger partial charge is 0.496 e. The number of carbonyl (C=O) groups excluding carboxylic acids is 2. The molecule has 0 aromatic heterocycles. The van der Waals surface area contributed by atoms with Crippen LogP contribution in [-0.2, 0) is 31.7 Å². The molecule has 1 fully saturated rings. The zero-order valence-electron chi connectivity index (χ0n) is 25.7. The standard InChI is InChI=1S/C33H36ClN5O5S/c1-5-16-36-21-23-10-15-30(44-4)27(18-23)33(38-17-6-7-29(38)31(40)37(2)3)26-19-24(34)11-14-28(26)39(32(33)41)45(42,43)25-12-8-22(20-35)9-13-25/h8-15,18-19,29,36H,5-7,16-17,21H2,1-4H3/t29-,33?/m0/s1. The van der Waals surface area contributed by atoms with Gasteiger partial charge >= 0.3 is 0 Å². The maximum atomic E-state index is 15.3. The van der Waals surface area contributed by atoms with Gasteiger partial charge in [-0.1, -0.05) is 24.6 Å². The van der Waals surface area contributed by atoms with E-state index in [0.717, 1.165) is 22.8 Å². The van der Waals surface area contributed by atoms with E-state index in [4.69, 9.17) is 16.3 Å². The van der Waals surface area contributed by atoms with Crippen LogP contribution in [0.1, 0.15) is 48.4 Å². The number of halogens is 1. The van der Waals surface area contributed by atoms with E-state index in [1.807, 2.05) is 23.1 Å². The Kier molecular flexibility index (Phi) is 9.23. The van der Waals surface area contributed by atoms with Crippen molar-refractivity contribution in [3.63, 3.8) is 0 Å². The van der Waals surface area contributed by atoms with Gasteiger partial charge in [0.15, 0.2) is 5.54 Å². The second-order valence-corrected chi connectivity index (χ2v) is 13.6. The maximum Gasteiger partial charge on any atom is 0.271 e. The van der Waals surface area contributed by atoms with Crippen molar-refractivity contribution in [2.75, 3.05) is 38.6 Å². The van der Waals surface area contributed by atoms with E-state index in [1.165, 1.54) is 42.3 Å². The predicted molar refractivity (Wildman–Crippen MR) is 171 cm³/mol. The van der Waals surface area contributed by atoms with Gasteiger partial charge in [-0.05, 0) is 86.0 Å². The first kappa shape index (κ1) is 32.4. The molecule has 1 N–H and O–H groups in total. The number of methoxy groups -OCH3 is 1. The SMILES string of the molecule is CCCNCc1ccc(OC)c(C2(N3CCC[C@H]3C(=O)N(C)C)C(=O)N(S(=O)(=O)c3ccc(C#N)cc3)c3ccc(Cl)cc32)c1. The number of nitrogens with zero attached hydrogens (tertiary/aromatic N) is 4. The van der Waals surface area contributed by atoms with Gasteiger partial charge in [0.25, 0.3) is 15.9 Å². The van der Waals surface area contributed by atoms with E-state index in [2.05, 4.69) is 12.2 Å². The molecule has 0 saturated carbocycles. The number of carbonyl (C=O) groups is 2. The topological polar surface area (TPSA) is 123 Å². The number of likely N-dealkylation sites (N-methyl/N-ethyl adjacent to an activating group) is 1. The van der Waals surface area contributed by atoms with Crippen molar-refractivity contribution < 1.29 is 22.7 Å². The van der Waals surface area contributed by atoms with Crippen LogP contribution < -0.4 is 14.4 Å². The third-order valence-corrected chi connectivity index (χ3v) is 10.3. The highest BCUT2D eigenvalue weighted by molar-refractivity contribution is 7.93. The fourth-order valence-electron chi connectivity index (χ4n) is 6.37. The van der Waals surface area contributed by atoms with E-state index >= 15 is 4.79 Å². The van der Waals surface area contributed by atoms with Gasteiger partial charge in [0.2, 0.25) is 5.91 Å². The average molecular weight is 650 g/mol. The van der Waals surface area contributed by atoms with Crippen LogP contribution in [0, 0.1) is 11.3 Å². The van der Waals surface area contributed by atoms with Crippen molar-refractivity contribution in [3.8, 4) is 11.8 Å². The Labute approximate surface area is 269 Å². The summed E-state index contributed by atoms with van der Waals surface area (Å²) in [5.74, 6) is -0.593. The molecule has 5 rings (SSSR count). The molecule has 1 unspecified atom stereocenters. The Balaban J connectivity index is 1.83. The second-order valence-electron chi connectivity index (χ2n) is 11.4. The fraction of sp³-hybridized carbons (Fsp3) is 0.364. The maximum absolute atomic E-state index is 15.3. The van der Waals surface area contributed by atoms with Gasteiger partial charge in [-0.3, -0.25) is 14.5 Å². The minimum atomic E-state index is -4.49. The van der Waals surface area contributed by atoms with Gasteiger partial charge < -0.3 is 15.0 Å². The normalized spacial score (nSPS) is 19.8. The lowest BCUT2D eigenvalue weighted by atomic mass is 9.80. The first-order valence-electron chi connectivity index (χ1n) is 14.8. The van der Waals surface area contributed by atoms with Crippen LogP contribution in [0.2, 0.25) is 5.02 Å². The number of hydrogen-bond acceptors (Lipinski definition) is 8. The molecule has 0 radical (unpaired) electrons. The van der Waals surface area contributed by atoms with E-state index in [1.54, 1.807) is 32.3 Å². The Morgan fingerprint density at radius 2 is 1.87 bits per heavy atom. The summed E-state index contributed by atoms with van der Waals surface area (Å²) in [5, 5.41) is 13.0. The number of benzene rings is 3. The molecule has 2 heterocycles. The molecule has 3 aromatic rings. The zero-order valence-corrected chi connectivity index (χ0v) is 27.3. The Morgan fingerprint density at radius 1 is 1.13 bits per heavy atom. The van der Waals surface area contributed by atoms with Crippen molar-refractivity contribution in [3.05, 3.63) is 87.9 Å². The van der Waals surface area contributed by atoms with Crippen molar-refractivity contribution in [1.82, 2.24) is 15.1 Å². The Bertz CT molecular complexity index is 1770. The van der Waals surface area contributed by atoms with Crippen molar-refractivity contribution in [2.24, 2.45) is 0 Å². The molecule has 2 atom stereocenters. The molecule has 1 saturated heterocycles. The molecular weight excluding hydrogens is 614 g/mol. The summed E-state index contributed by atoms with van der Waals surface area (Å²) in [6.07, 6.45) is 2.02. The number of hydrogen-bond donors (Lipinski definition) is 1. The first-order chi connectivity index (χ1) is 21.5. The molecule has 2 aliphatic heterocycles. The highest BCUT2D eigenvalue weighted by atomic mass is 35.5. The monoisotopic (exact) mass is 649 g/mol. The van der Waals surface area contributed by atoms with Crippen LogP contribution in [0.25, 0.3) is 0 Å². The molecule has 12 heteroatoms. The molecule has 10 nitrogen and oxygen atoms in total. The van der Waals surface area contributed by atoms with Gasteiger partial charge in [-0.25, -0.2) is 12.7 Å². The summed E-state index contributed by atoms with van der Waals surface area (Å²) >= 11 is 6.60. The second kappa shape index (κ2) is 12.8. The highest BCUT2D eigenvalue weighted by Gasteiger charge is 2.63. The summed E-state index contributed by atoms with van der Waals surface area (Å²) in [5.41, 5.74) is 0.256. The minimum Gasteiger partial charge on any atom is -0.496 e. The van der Waals surface area contributed by atoms with Crippen LogP contribution in [0.3, 0.4) is 0 Å². The number of amides is 2. The molecule has 3 aromatic carbocycles. The Morgan fingerprint density at radius 3 is 2.51 bits per heavy atom. The van der Waals surface area contributed by atoms with Crippen molar-refractivity contribution >= 4 is 39.1 Å². The molecule has 0 spiro atoms. The van der Waals surface area contributed by atoms with E-state index in [0.29, 0.717) is 47.8 Å². The highest BCUT2D eigenvalue weighted by Crippen LogP contribution is 2.55. The van der Waals surface area contributed by atoms with Crippen LogP contribution in [0.4, 0.5) is 5.69 Å². The van der Waals surface area contributed by atoms with E-state index in [-0.39, 0.29) is 22.1 Å². The summed E-state index contributed by atoms with van der Waals surface area (Å²) < 4.78 is 35.5. The molecule has 2 aliphatic rings. The molecule has 45 heavy (non-hydrogen) atoms. The number of nitrogens with one attached hydrogen (secondary N) is 1. The lowest BCUT2D eigenvalue weighted by Gasteiger charge is -2.42. The number of likely N-dealkylation sites (tertiary alicyclic amines) is 1. The molecule has 2 amide bonds. The number of fused-ring (bicyclic) bond motifs is 1. The number of ether oxygens (including phenoxy) is 1. The third-order valence-electron chi connectivity index (χ3n) is 8.40.